The van der Waals surface area contributed by atoms with E-state index in [1.165, 1.54) is 0 Å². The van der Waals surface area contributed by atoms with Crippen LogP contribution in [0.4, 0.5) is 0 Å². The van der Waals surface area contributed by atoms with Crippen molar-refractivity contribution in [2.75, 3.05) is 11.1 Å². The molecular formula is C3H6BrS. The molecule has 0 aliphatic heterocycles. The Labute approximate surface area is 46.5 Å². The maximum absolute atomic E-state index is 4.62. The molecular weight excluding hydrogens is 148 g/mol. The summed E-state index contributed by atoms with van der Waals surface area (Å²) < 4.78 is 0. The van der Waals surface area contributed by atoms with Gasteiger partial charge in [0.05, 0.1) is 0 Å². The molecule has 0 aliphatic rings. The van der Waals surface area contributed by atoms with Gasteiger partial charge in [0.15, 0.2) is 0 Å². The molecule has 0 amide bonds. The highest BCUT2D eigenvalue weighted by atomic mass is 79.9. The zero-order chi connectivity index (χ0) is 4.12. The Morgan fingerprint density at radius 1 is 1.60 bits per heavy atom. The standard InChI is InChI=1S/C3H6BrS/c4-2-1-3-5/h1-3H2. The molecule has 0 aliphatic carbocycles. The molecule has 0 rings (SSSR count). The van der Waals surface area contributed by atoms with Gasteiger partial charge in [0.1, 0.15) is 0 Å². The molecule has 0 unspecified atom stereocenters. The Morgan fingerprint density at radius 3 is 2.20 bits per heavy atom. The van der Waals surface area contributed by atoms with Crippen molar-refractivity contribution in [2.45, 2.75) is 6.42 Å². The van der Waals surface area contributed by atoms with E-state index in [9.17, 15) is 0 Å². The fraction of sp³-hybridized carbons (Fsp3) is 1.00. The first-order valence-electron chi connectivity index (χ1n) is 1.56. The predicted octanol–water partition coefficient (Wildman–Crippen LogP) is 1.97. The van der Waals surface area contributed by atoms with Crippen LogP contribution in [0.25, 0.3) is 0 Å². The molecule has 0 fully saturated rings. The molecule has 0 spiro atoms. The van der Waals surface area contributed by atoms with Crippen LogP contribution in [0.3, 0.4) is 0 Å². The Kier molecular flexibility index (Phi) is 5.63. The highest BCUT2D eigenvalue weighted by molar-refractivity contribution is 9.09. The minimum atomic E-state index is 0.880. The second kappa shape index (κ2) is 4.83. The van der Waals surface area contributed by atoms with Gasteiger partial charge in [0, 0.05) is 11.1 Å². The number of hydrogen-bond donors (Lipinski definition) is 0. The molecule has 0 atom stereocenters. The molecule has 0 aromatic carbocycles. The molecule has 0 bridgehead atoms. The van der Waals surface area contributed by atoms with Crippen molar-refractivity contribution in [3.05, 3.63) is 0 Å². The third kappa shape index (κ3) is 4.83. The summed E-state index contributed by atoms with van der Waals surface area (Å²) in [6.45, 7) is 0. The third-order valence-electron chi connectivity index (χ3n) is 0.278. The Hall–Kier alpha value is 0.830. The fourth-order valence-electron chi connectivity index (χ4n) is 0.0546. The van der Waals surface area contributed by atoms with Gasteiger partial charge in [-0.1, -0.05) is 28.6 Å². The lowest BCUT2D eigenvalue weighted by Gasteiger charge is -1.76. The lowest BCUT2D eigenvalue weighted by molar-refractivity contribution is 1.14. The van der Waals surface area contributed by atoms with Gasteiger partial charge in [-0.15, -0.1) is 0 Å². The van der Waals surface area contributed by atoms with E-state index in [2.05, 4.69) is 28.6 Å². The average molecular weight is 154 g/mol. The van der Waals surface area contributed by atoms with Gasteiger partial charge in [0.25, 0.3) is 0 Å². The largest absolute Gasteiger partial charge is 0.0941 e. The first-order valence-corrected chi connectivity index (χ1v) is 3.25. The summed E-state index contributed by atoms with van der Waals surface area (Å²) in [7, 11) is 0. The first-order chi connectivity index (χ1) is 2.41. The van der Waals surface area contributed by atoms with Gasteiger partial charge >= 0.3 is 0 Å². The van der Waals surface area contributed by atoms with Gasteiger partial charge in [-0.05, 0) is 6.42 Å². The van der Waals surface area contributed by atoms with Crippen LogP contribution in [-0.4, -0.2) is 11.1 Å². The number of rotatable bonds is 2. The van der Waals surface area contributed by atoms with Crippen molar-refractivity contribution in [3.63, 3.8) is 0 Å². The quantitative estimate of drug-likeness (QED) is 0.533. The summed E-state index contributed by atoms with van der Waals surface area (Å²) in [5, 5.41) is 1.05. The van der Waals surface area contributed by atoms with Crippen LogP contribution in [0.1, 0.15) is 6.42 Å². The van der Waals surface area contributed by atoms with Crippen LogP contribution < -0.4 is 0 Å². The monoisotopic (exact) mass is 153 g/mol. The second-order valence-electron chi connectivity index (χ2n) is 0.747. The smallest absolute Gasteiger partial charge is 0.00448 e. The molecule has 31 valence electrons. The topological polar surface area (TPSA) is 0 Å². The molecule has 0 aromatic heterocycles. The molecule has 0 aromatic rings. The van der Waals surface area contributed by atoms with Crippen molar-refractivity contribution in [1.82, 2.24) is 0 Å². The van der Waals surface area contributed by atoms with Crippen LogP contribution in [0.2, 0.25) is 0 Å². The van der Waals surface area contributed by atoms with Crippen LogP contribution in [0.15, 0.2) is 0 Å². The van der Waals surface area contributed by atoms with E-state index in [1.807, 2.05) is 0 Å². The average Bonchev–Trinajstić information content (AvgIpc) is 1.41. The number of halogens is 1. The van der Waals surface area contributed by atoms with Crippen LogP contribution in [0, 0.1) is 0 Å². The van der Waals surface area contributed by atoms with Crippen molar-refractivity contribution < 1.29 is 0 Å². The van der Waals surface area contributed by atoms with Crippen LogP contribution in [-0.2, 0) is 0 Å². The van der Waals surface area contributed by atoms with Crippen LogP contribution >= 0.6 is 28.6 Å². The zero-order valence-electron chi connectivity index (χ0n) is 2.91. The molecule has 0 heterocycles. The summed E-state index contributed by atoms with van der Waals surface area (Å²) in [5.41, 5.74) is 0. The van der Waals surface area contributed by atoms with Gasteiger partial charge in [-0.3, -0.25) is 0 Å². The molecule has 1 radical (unpaired) electrons. The second-order valence-corrected chi connectivity index (χ2v) is 1.95. The van der Waals surface area contributed by atoms with Crippen molar-refractivity contribution in [3.8, 4) is 0 Å². The van der Waals surface area contributed by atoms with E-state index in [4.69, 9.17) is 0 Å². The van der Waals surface area contributed by atoms with E-state index in [0.29, 0.717) is 0 Å². The summed E-state index contributed by atoms with van der Waals surface area (Å²) in [5.74, 6) is 0.880. The first kappa shape index (κ1) is 5.83. The summed E-state index contributed by atoms with van der Waals surface area (Å²) in [6, 6.07) is 0. The molecule has 5 heavy (non-hydrogen) atoms. The van der Waals surface area contributed by atoms with Gasteiger partial charge in [-0.2, -0.15) is 0 Å². The third-order valence-corrected chi connectivity index (χ3v) is 1.13. The lowest BCUT2D eigenvalue weighted by atomic mass is 10.6. The van der Waals surface area contributed by atoms with E-state index < -0.39 is 0 Å². The van der Waals surface area contributed by atoms with Gasteiger partial charge < -0.3 is 0 Å². The fourth-order valence-corrected chi connectivity index (χ4v) is 0.850. The Morgan fingerprint density at radius 2 is 2.20 bits per heavy atom. The molecule has 0 saturated carbocycles. The number of alkyl halides is 1. The van der Waals surface area contributed by atoms with E-state index in [1.54, 1.807) is 0 Å². The predicted molar refractivity (Wildman–Crippen MR) is 30.9 cm³/mol. The van der Waals surface area contributed by atoms with Gasteiger partial charge in [0.2, 0.25) is 0 Å². The van der Waals surface area contributed by atoms with Gasteiger partial charge in [-0.25, -0.2) is 0 Å². The highest BCUT2D eigenvalue weighted by Gasteiger charge is 1.71. The summed E-state index contributed by atoms with van der Waals surface area (Å²) in [6.07, 6.45) is 1.12. The number of hydrogen-bond acceptors (Lipinski definition) is 0. The SMILES string of the molecule is [S]CCCBr. The van der Waals surface area contributed by atoms with E-state index in [0.717, 1.165) is 17.5 Å². The van der Waals surface area contributed by atoms with Crippen molar-refractivity contribution in [2.24, 2.45) is 0 Å². The normalized spacial score (nSPS) is 8.40. The highest BCUT2D eigenvalue weighted by Crippen LogP contribution is 1.87. The molecule has 2 heteroatoms. The molecule has 0 N–H and O–H groups in total. The van der Waals surface area contributed by atoms with Crippen molar-refractivity contribution in [1.29, 1.82) is 0 Å². The van der Waals surface area contributed by atoms with E-state index in [-0.39, 0.29) is 0 Å². The minimum absolute atomic E-state index is 0.880. The zero-order valence-corrected chi connectivity index (χ0v) is 5.31. The lowest BCUT2D eigenvalue weighted by Crippen LogP contribution is -1.70. The van der Waals surface area contributed by atoms with E-state index >= 15 is 0 Å². The summed E-state index contributed by atoms with van der Waals surface area (Å²) in [4.78, 5) is 0. The maximum Gasteiger partial charge on any atom is 0.00448 e. The molecule has 0 saturated heterocycles. The molecule has 0 nitrogen and oxygen atoms in total. The maximum atomic E-state index is 4.62. The summed E-state index contributed by atoms with van der Waals surface area (Å²) >= 11 is 7.86. The Bertz CT molecular complexity index is 14.4. The van der Waals surface area contributed by atoms with Crippen molar-refractivity contribution >= 4 is 28.6 Å². The van der Waals surface area contributed by atoms with Crippen LogP contribution in [0.5, 0.6) is 0 Å². The minimum Gasteiger partial charge on any atom is -0.0941 e. The Balaban J connectivity index is 2.19.